The third kappa shape index (κ3) is 5.73. The molecule has 0 unspecified atom stereocenters. The van der Waals surface area contributed by atoms with Crippen LogP contribution in [0, 0.1) is 0 Å². The summed E-state index contributed by atoms with van der Waals surface area (Å²) in [4.78, 5) is 12.1. The van der Waals surface area contributed by atoms with Gasteiger partial charge in [0.15, 0.2) is 0 Å². The van der Waals surface area contributed by atoms with E-state index in [1.165, 1.54) is 43.4 Å². The summed E-state index contributed by atoms with van der Waals surface area (Å²) in [6.45, 7) is 1.79. The molecule has 2 rings (SSSR count). The highest BCUT2D eigenvalue weighted by Gasteiger charge is 2.24. The van der Waals surface area contributed by atoms with E-state index in [1.807, 2.05) is 0 Å². The van der Waals surface area contributed by atoms with E-state index in [-0.39, 0.29) is 9.92 Å². The molecule has 6 nitrogen and oxygen atoms in total. The third-order valence-corrected chi connectivity index (χ3v) is 5.96. The Labute approximate surface area is 173 Å². The van der Waals surface area contributed by atoms with Crippen LogP contribution in [0.4, 0.5) is 5.69 Å². The highest BCUT2D eigenvalue weighted by atomic mass is 35.5. The lowest BCUT2D eigenvalue weighted by Gasteiger charge is -2.17. The number of nitrogens with zero attached hydrogens (tertiary/aromatic N) is 1. The normalized spacial score (nSPS) is 11.5. The summed E-state index contributed by atoms with van der Waals surface area (Å²) in [5.74, 6) is -0.159. The fourth-order valence-corrected chi connectivity index (χ4v) is 4.19. The van der Waals surface area contributed by atoms with E-state index in [0.717, 1.165) is 4.31 Å². The van der Waals surface area contributed by atoms with Gasteiger partial charge in [0, 0.05) is 22.8 Å². The molecule has 2 aromatic carbocycles. The molecule has 0 saturated carbocycles. The monoisotopic (exact) mass is 450 g/mol. The Morgan fingerprint density at radius 3 is 2.30 bits per heavy atom. The van der Waals surface area contributed by atoms with E-state index >= 15 is 0 Å². The zero-order chi connectivity index (χ0) is 20.2. The number of carbonyl (C=O) groups is 1. The van der Waals surface area contributed by atoms with Gasteiger partial charge in [0.25, 0.3) is 0 Å². The van der Waals surface area contributed by atoms with E-state index in [9.17, 15) is 13.2 Å². The highest BCUT2D eigenvalue weighted by Crippen LogP contribution is 2.28. The van der Waals surface area contributed by atoms with Crippen LogP contribution in [0.1, 0.15) is 6.92 Å². The second-order valence-electron chi connectivity index (χ2n) is 5.49. The first-order chi connectivity index (χ1) is 12.6. The zero-order valence-electron chi connectivity index (χ0n) is 14.5. The predicted molar refractivity (Wildman–Crippen MR) is 108 cm³/mol. The van der Waals surface area contributed by atoms with Crippen LogP contribution in [0.3, 0.4) is 0 Å². The van der Waals surface area contributed by atoms with Crippen LogP contribution >= 0.6 is 34.8 Å². The van der Waals surface area contributed by atoms with Crippen LogP contribution in [0.2, 0.25) is 15.1 Å². The quantitative estimate of drug-likeness (QED) is 0.681. The average molecular weight is 452 g/mol. The minimum atomic E-state index is -3.92. The molecular formula is C17H17Cl3N2O4S. The van der Waals surface area contributed by atoms with Gasteiger partial charge in [-0.3, -0.25) is 4.79 Å². The molecule has 0 spiro atoms. The molecule has 27 heavy (non-hydrogen) atoms. The molecule has 0 aliphatic carbocycles. The van der Waals surface area contributed by atoms with Gasteiger partial charge in [-0.1, -0.05) is 34.8 Å². The van der Waals surface area contributed by atoms with Gasteiger partial charge in [-0.05, 0) is 43.3 Å². The molecule has 10 heteroatoms. The maximum Gasteiger partial charge on any atom is 0.243 e. The smallest absolute Gasteiger partial charge is 0.243 e. The fourth-order valence-electron chi connectivity index (χ4n) is 2.21. The second-order valence-corrected chi connectivity index (χ2v) is 8.82. The van der Waals surface area contributed by atoms with Crippen molar-refractivity contribution in [2.75, 3.05) is 25.5 Å². The van der Waals surface area contributed by atoms with Crippen LogP contribution in [0.25, 0.3) is 0 Å². The van der Waals surface area contributed by atoms with Crippen molar-refractivity contribution in [2.45, 2.75) is 11.8 Å². The van der Waals surface area contributed by atoms with Crippen molar-refractivity contribution < 1.29 is 17.9 Å². The number of sulfonamides is 1. The zero-order valence-corrected chi connectivity index (χ0v) is 17.6. The Morgan fingerprint density at radius 1 is 1.11 bits per heavy atom. The number of amides is 1. The summed E-state index contributed by atoms with van der Waals surface area (Å²) in [6.07, 6.45) is 0. The summed E-state index contributed by atoms with van der Waals surface area (Å²) >= 11 is 17.8. The lowest BCUT2D eigenvalue weighted by Crippen LogP contribution is -2.35. The molecule has 0 saturated heterocycles. The molecule has 0 radical (unpaired) electrons. The molecule has 0 bridgehead atoms. The first kappa shape index (κ1) is 21.8. The van der Waals surface area contributed by atoms with Crippen molar-refractivity contribution in [3.05, 3.63) is 51.5 Å². The molecule has 0 fully saturated rings. The standard InChI is InChI=1S/C17H17Cl3N2O4S/c1-3-26-16-5-4-14(9-15(16)20)27(24,25)22(2)10-17(23)21-13-7-11(18)6-12(19)8-13/h4-9H,3,10H2,1-2H3,(H,21,23). The van der Waals surface area contributed by atoms with Crippen molar-refractivity contribution in [1.82, 2.24) is 4.31 Å². The number of nitrogens with one attached hydrogen (secondary N) is 1. The Balaban J connectivity index is 2.12. The minimum Gasteiger partial charge on any atom is -0.492 e. The molecule has 0 aliphatic rings. The van der Waals surface area contributed by atoms with E-state index in [4.69, 9.17) is 39.5 Å². The molecule has 0 heterocycles. The van der Waals surface area contributed by atoms with Crippen LogP contribution in [0.5, 0.6) is 5.75 Å². The van der Waals surface area contributed by atoms with Gasteiger partial charge in [0.2, 0.25) is 15.9 Å². The van der Waals surface area contributed by atoms with Crippen molar-refractivity contribution in [3.63, 3.8) is 0 Å². The summed E-state index contributed by atoms with van der Waals surface area (Å²) in [5.41, 5.74) is 0.368. The summed E-state index contributed by atoms with van der Waals surface area (Å²) in [6, 6.07) is 8.66. The molecule has 1 amide bonds. The lowest BCUT2D eigenvalue weighted by atomic mass is 10.3. The molecule has 0 aliphatic heterocycles. The van der Waals surface area contributed by atoms with Gasteiger partial charge in [0.1, 0.15) is 5.75 Å². The number of hydrogen-bond acceptors (Lipinski definition) is 4. The average Bonchev–Trinajstić information content (AvgIpc) is 2.55. The Kier molecular flexibility index (Phi) is 7.36. The van der Waals surface area contributed by atoms with Gasteiger partial charge in [0.05, 0.1) is 23.1 Å². The van der Waals surface area contributed by atoms with Gasteiger partial charge >= 0.3 is 0 Å². The Bertz CT molecular complexity index is 931. The number of hydrogen-bond donors (Lipinski definition) is 1. The first-order valence-corrected chi connectivity index (χ1v) is 10.4. The number of ether oxygens (including phenoxy) is 1. The number of benzene rings is 2. The molecule has 146 valence electrons. The van der Waals surface area contributed by atoms with Crippen LogP contribution in [-0.2, 0) is 14.8 Å². The maximum atomic E-state index is 12.7. The van der Waals surface area contributed by atoms with Crippen LogP contribution in [-0.4, -0.2) is 38.8 Å². The Morgan fingerprint density at radius 2 is 1.74 bits per heavy atom. The van der Waals surface area contributed by atoms with E-state index in [1.54, 1.807) is 6.92 Å². The SMILES string of the molecule is CCOc1ccc(S(=O)(=O)N(C)CC(=O)Nc2cc(Cl)cc(Cl)c2)cc1Cl. The second kappa shape index (κ2) is 9.12. The fraction of sp³-hybridized carbons (Fsp3) is 0.235. The van der Waals surface area contributed by atoms with Crippen LogP contribution < -0.4 is 10.1 Å². The van der Waals surface area contributed by atoms with Gasteiger partial charge < -0.3 is 10.1 Å². The van der Waals surface area contributed by atoms with E-state index < -0.39 is 22.5 Å². The lowest BCUT2D eigenvalue weighted by molar-refractivity contribution is -0.116. The Hall–Kier alpha value is -1.51. The largest absolute Gasteiger partial charge is 0.492 e. The molecule has 0 atom stereocenters. The van der Waals surface area contributed by atoms with Crippen molar-refractivity contribution in [2.24, 2.45) is 0 Å². The number of halogens is 3. The van der Waals surface area contributed by atoms with Gasteiger partial charge in [-0.2, -0.15) is 4.31 Å². The summed E-state index contributed by atoms with van der Waals surface area (Å²) in [7, 11) is -2.62. The number of rotatable bonds is 7. The van der Waals surface area contributed by atoms with E-state index in [2.05, 4.69) is 5.32 Å². The number of likely N-dealkylation sites (N-methyl/N-ethyl adjacent to an activating group) is 1. The molecule has 2 aromatic rings. The third-order valence-electron chi connectivity index (χ3n) is 3.42. The predicted octanol–water partition coefficient (Wildman–Crippen LogP) is 4.30. The van der Waals surface area contributed by atoms with Crippen molar-refractivity contribution in [1.29, 1.82) is 0 Å². The molecule has 0 aromatic heterocycles. The summed E-state index contributed by atoms with van der Waals surface area (Å²) in [5, 5.41) is 3.43. The minimum absolute atomic E-state index is 0.0444. The molecular weight excluding hydrogens is 435 g/mol. The topological polar surface area (TPSA) is 75.7 Å². The van der Waals surface area contributed by atoms with E-state index in [0.29, 0.717) is 28.1 Å². The van der Waals surface area contributed by atoms with Crippen LogP contribution in [0.15, 0.2) is 41.3 Å². The van der Waals surface area contributed by atoms with Gasteiger partial charge in [-0.25, -0.2) is 8.42 Å². The number of carbonyl (C=O) groups excluding carboxylic acids is 1. The molecule has 1 N–H and O–H groups in total. The highest BCUT2D eigenvalue weighted by molar-refractivity contribution is 7.89. The first-order valence-electron chi connectivity index (χ1n) is 7.78. The summed E-state index contributed by atoms with van der Waals surface area (Å²) < 4.78 is 31.5. The maximum absolute atomic E-state index is 12.7. The van der Waals surface area contributed by atoms with Crippen molar-refractivity contribution >= 4 is 56.4 Å². The van der Waals surface area contributed by atoms with Gasteiger partial charge in [-0.15, -0.1) is 0 Å². The number of anilines is 1. The van der Waals surface area contributed by atoms with Crippen molar-refractivity contribution in [3.8, 4) is 5.75 Å².